The summed E-state index contributed by atoms with van der Waals surface area (Å²) >= 11 is 0. The molecule has 108 valence electrons. The molecule has 0 spiro atoms. The molecule has 4 heteroatoms. The molecule has 0 saturated heterocycles. The maximum absolute atomic E-state index is 6.07. The standard InChI is InChI=1S/C15H28N4/c1-12(2)9-13-17-14(19(3)18-13)10-15(11-16)7-5-4-6-8-15/h12H,4-11,16H2,1-3H3. The number of aromatic nitrogens is 3. The Kier molecular flexibility index (Phi) is 4.61. The van der Waals surface area contributed by atoms with Crippen LogP contribution in [-0.4, -0.2) is 21.3 Å². The van der Waals surface area contributed by atoms with Gasteiger partial charge in [0.1, 0.15) is 5.82 Å². The van der Waals surface area contributed by atoms with E-state index in [1.54, 1.807) is 0 Å². The molecule has 1 aliphatic rings. The predicted octanol–water partition coefficient (Wildman–Crippen LogP) is 2.47. The molecule has 0 radical (unpaired) electrons. The highest BCUT2D eigenvalue weighted by Gasteiger charge is 2.32. The van der Waals surface area contributed by atoms with Crippen molar-refractivity contribution in [2.24, 2.45) is 24.1 Å². The van der Waals surface area contributed by atoms with Crippen molar-refractivity contribution in [2.75, 3.05) is 6.54 Å². The summed E-state index contributed by atoms with van der Waals surface area (Å²) in [5.41, 5.74) is 6.34. The molecule has 0 aromatic carbocycles. The highest BCUT2D eigenvalue weighted by Crippen LogP contribution is 2.37. The van der Waals surface area contributed by atoms with E-state index in [1.165, 1.54) is 32.1 Å². The van der Waals surface area contributed by atoms with Crippen molar-refractivity contribution < 1.29 is 0 Å². The first-order valence-corrected chi connectivity index (χ1v) is 7.63. The highest BCUT2D eigenvalue weighted by atomic mass is 15.3. The Hall–Kier alpha value is -0.900. The molecule has 1 saturated carbocycles. The summed E-state index contributed by atoms with van der Waals surface area (Å²) < 4.78 is 1.96. The van der Waals surface area contributed by atoms with Crippen LogP contribution in [0.4, 0.5) is 0 Å². The van der Waals surface area contributed by atoms with Crippen LogP contribution in [0.1, 0.15) is 57.6 Å². The zero-order valence-electron chi connectivity index (χ0n) is 12.7. The summed E-state index contributed by atoms with van der Waals surface area (Å²) in [4.78, 5) is 4.73. The molecule has 1 heterocycles. The van der Waals surface area contributed by atoms with E-state index in [-0.39, 0.29) is 5.41 Å². The minimum atomic E-state index is 0.272. The Bertz CT molecular complexity index is 402. The average molecular weight is 264 g/mol. The Labute approximate surface area is 116 Å². The van der Waals surface area contributed by atoms with Gasteiger partial charge in [0.25, 0.3) is 0 Å². The Morgan fingerprint density at radius 3 is 2.53 bits per heavy atom. The molecule has 0 aliphatic heterocycles. The van der Waals surface area contributed by atoms with Gasteiger partial charge in [-0.05, 0) is 30.7 Å². The van der Waals surface area contributed by atoms with Crippen LogP contribution in [0, 0.1) is 11.3 Å². The van der Waals surface area contributed by atoms with Crippen LogP contribution in [0.2, 0.25) is 0 Å². The maximum atomic E-state index is 6.07. The molecule has 1 aromatic rings. The molecular formula is C15H28N4. The van der Waals surface area contributed by atoms with Crippen molar-refractivity contribution in [2.45, 2.75) is 58.8 Å². The molecule has 0 atom stereocenters. The molecule has 1 aliphatic carbocycles. The lowest BCUT2D eigenvalue weighted by Crippen LogP contribution is -2.35. The number of nitrogens with zero attached hydrogens (tertiary/aromatic N) is 3. The molecule has 1 fully saturated rings. The van der Waals surface area contributed by atoms with Crippen LogP contribution in [0.5, 0.6) is 0 Å². The van der Waals surface area contributed by atoms with Gasteiger partial charge >= 0.3 is 0 Å². The summed E-state index contributed by atoms with van der Waals surface area (Å²) in [6, 6.07) is 0. The van der Waals surface area contributed by atoms with E-state index < -0.39 is 0 Å². The normalized spacial score (nSPS) is 19.0. The van der Waals surface area contributed by atoms with E-state index >= 15 is 0 Å². The molecule has 0 amide bonds. The Morgan fingerprint density at radius 1 is 1.26 bits per heavy atom. The smallest absolute Gasteiger partial charge is 0.151 e. The van der Waals surface area contributed by atoms with Crippen molar-refractivity contribution in [1.29, 1.82) is 0 Å². The summed E-state index contributed by atoms with van der Waals surface area (Å²) in [7, 11) is 2.01. The van der Waals surface area contributed by atoms with Crippen LogP contribution < -0.4 is 5.73 Å². The Balaban J connectivity index is 2.10. The van der Waals surface area contributed by atoms with Crippen LogP contribution in [0.15, 0.2) is 0 Å². The molecule has 1 aromatic heterocycles. The van der Waals surface area contributed by atoms with E-state index in [0.29, 0.717) is 5.92 Å². The molecule has 4 nitrogen and oxygen atoms in total. The first-order valence-electron chi connectivity index (χ1n) is 7.63. The molecule has 19 heavy (non-hydrogen) atoms. The fourth-order valence-corrected chi connectivity index (χ4v) is 3.17. The van der Waals surface area contributed by atoms with Crippen LogP contribution in [0.25, 0.3) is 0 Å². The summed E-state index contributed by atoms with van der Waals surface area (Å²) in [6.45, 7) is 5.19. The lowest BCUT2D eigenvalue weighted by atomic mass is 9.72. The van der Waals surface area contributed by atoms with E-state index in [2.05, 4.69) is 18.9 Å². The van der Waals surface area contributed by atoms with Crippen LogP contribution in [0.3, 0.4) is 0 Å². The van der Waals surface area contributed by atoms with Gasteiger partial charge < -0.3 is 5.73 Å². The van der Waals surface area contributed by atoms with Crippen molar-refractivity contribution in [3.05, 3.63) is 11.6 Å². The van der Waals surface area contributed by atoms with Gasteiger partial charge in [0, 0.05) is 19.9 Å². The van der Waals surface area contributed by atoms with E-state index in [1.807, 2.05) is 11.7 Å². The lowest BCUT2D eigenvalue weighted by molar-refractivity contribution is 0.191. The molecule has 0 unspecified atom stereocenters. The van der Waals surface area contributed by atoms with Gasteiger partial charge in [-0.25, -0.2) is 4.98 Å². The summed E-state index contributed by atoms with van der Waals surface area (Å²) in [5.74, 6) is 2.70. The lowest BCUT2D eigenvalue weighted by Gasteiger charge is -2.35. The van der Waals surface area contributed by atoms with Gasteiger partial charge in [-0.3, -0.25) is 4.68 Å². The minimum absolute atomic E-state index is 0.272. The fourth-order valence-electron chi connectivity index (χ4n) is 3.17. The molecule has 2 rings (SSSR count). The molecule has 2 N–H and O–H groups in total. The van der Waals surface area contributed by atoms with E-state index in [9.17, 15) is 0 Å². The third-order valence-electron chi connectivity index (χ3n) is 4.37. The van der Waals surface area contributed by atoms with Crippen molar-refractivity contribution in [1.82, 2.24) is 14.8 Å². The third kappa shape index (κ3) is 3.56. The third-order valence-corrected chi connectivity index (χ3v) is 4.37. The topological polar surface area (TPSA) is 56.7 Å². The van der Waals surface area contributed by atoms with Gasteiger partial charge in [-0.15, -0.1) is 0 Å². The number of hydrogen-bond acceptors (Lipinski definition) is 3. The first kappa shape index (κ1) is 14.5. The fraction of sp³-hybridized carbons (Fsp3) is 0.867. The zero-order chi connectivity index (χ0) is 13.9. The monoisotopic (exact) mass is 264 g/mol. The quantitative estimate of drug-likeness (QED) is 0.889. The molecular weight excluding hydrogens is 236 g/mol. The van der Waals surface area contributed by atoms with Gasteiger partial charge in [-0.1, -0.05) is 33.1 Å². The molecule has 0 bridgehead atoms. The second kappa shape index (κ2) is 6.04. The first-order chi connectivity index (χ1) is 9.04. The van der Waals surface area contributed by atoms with Gasteiger partial charge in [0.15, 0.2) is 5.82 Å². The van der Waals surface area contributed by atoms with Crippen LogP contribution >= 0.6 is 0 Å². The maximum Gasteiger partial charge on any atom is 0.151 e. The second-order valence-corrected chi connectivity index (χ2v) is 6.61. The van der Waals surface area contributed by atoms with E-state index in [4.69, 9.17) is 10.7 Å². The van der Waals surface area contributed by atoms with Gasteiger partial charge in [0.2, 0.25) is 0 Å². The number of aryl methyl sites for hydroxylation is 1. The number of nitrogens with two attached hydrogens (primary N) is 1. The van der Waals surface area contributed by atoms with E-state index in [0.717, 1.165) is 31.0 Å². The zero-order valence-corrected chi connectivity index (χ0v) is 12.7. The summed E-state index contributed by atoms with van der Waals surface area (Å²) in [6.07, 6.45) is 8.43. The van der Waals surface area contributed by atoms with Crippen molar-refractivity contribution in [3.8, 4) is 0 Å². The second-order valence-electron chi connectivity index (χ2n) is 6.61. The number of hydrogen-bond donors (Lipinski definition) is 1. The van der Waals surface area contributed by atoms with Crippen molar-refractivity contribution in [3.63, 3.8) is 0 Å². The van der Waals surface area contributed by atoms with Gasteiger partial charge in [0.05, 0.1) is 0 Å². The summed E-state index contributed by atoms with van der Waals surface area (Å²) in [5, 5.41) is 4.55. The van der Waals surface area contributed by atoms with Crippen LogP contribution in [-0.2, 0) is 19.9 Å². The van der Waals surface area contributed by atoms with Crippen molar-refractivity contribution >= 4 is 0 Å². The average Bonchev–Trinajstić information content (AvgIpc) is 2.69. The predicted molar refractivity (Wildman–Crippen MR) is 77.8 cm³/mol. The van der Waals surface area contributed by atoms with Gasteiger partial charge in [-0.2, -0.15) is 5.10 Å². The Morgan fingerprint density at radius 2 is 1.95 bits per heavy atom. The minimum Gasteiger partial charge on any atom is -0.330 e. The number of rotatable bonds is 5. The highest BCUT2D eigenvalue weighted by molar-refractivity contribution is 5.00. The largest absolute Gasteiger partial charge is 0.330 e. The SMILES string of the molecule is CC(C)Cc1nc(CC2(CN)CCCCC2)n(C)n1.